The molecule has 0 radical (unpaired) electrons. The molecule has 3 amide bonds. The summed E-state index contributed by atoms with van der Waals surface area (Å²) in [7, 11) is 0. The van der Waals surface area contributed by atoms with E-state index in [1.54, 1.807) is 17.0 Å². The van der Waals surface area contributed by atoms with Crippen molar-refractivity contribution in [1.82, 2.24) is 9.80 Å². The van der Waals surface area contributed by atoms with E-state index in [4.69, 9.17) is 0 Å². The van der Waals surface area contributed by atoms with Gasteiger partial charge in [-0.05, 0) is 48.6 Å². The normalized spacial score (nSPS) is 21.3. The summed E-state index contributed by atoms with van der Waals surface area (Å²) in [6.07, 6.45) is 1.29. The Balaban J connectivity index is 1.48. The molecule has 0 aliphatic carbocycles. The molecule has 0 aromatic heterocycles. The number of nitrogens with one attached hydrogen (secondary N) is 1. The molecule has 5 nitrogen and oxygen atoms in total. The number of fused-ring (bicyclic) bond motifs is 2. The maximum absolute atomic E-state index is 13.5. The van der Waals surface area contributed by atoms with Crippen molar-refractivity contribution in [3.05, 3.63) is 65.5 Å². The first kappa shape index (κ1) is 19.3. The molecule has 0 unspecified atom stereocenters. The van der Waals surface area contributed by atoms with Gasteiger partial charge in [-0.2, -0.15) is 0 Å². The zero-order valence-corrected chi connectivity index (χ0v) is 15.6. The van der Waals surface area contributed by atoms with E-state index in [2.05, 4.69) is 5.32 Å². The van der Waals surface area contributed by atoms with Crippen LogP contribution in [0.1, 0.15) is 18.4 Å². The molecule has 2 aliphatic rings. The molecule has 2 saturated heterocycles. The van der Waals surface area contributed by atoms with Gasteiger partial charge in [-0.25, -0.2) is 18.0 Å². The van der Waals surface area contributed by atoms with E-state index in [1.807, 2.05) is 0 Å². The lowest BCUT2D eigenvalue weighted by atomic mass is 9.86. The number of nitrogens with zero attached hydrogens (tertiary/aromatic N) is 2. The van der Waals surface area contributed by atoms with Gasteiger partial charge in [0, 0.05) is 31.4 Å². The first-order chi connectivity index (χ1) is 13.9. The number of hydrogen-bond acceptors (Lipinski definition) is 2. The minimum atomic E-state index is -1.06. The third-order valence-electron chi connectivity index (χ3n) is 5.48. The monoisotopic (exact) mass is 403 g/mol. The smallest absolute Gasteiger partial charge is 0.322 e. The Kier molecular flexibility index (Phi) is 5.17. The summed E-state index contributed by atoms with van der Waals surface area (Å²) in [4.78, 5) is 28.8. The number of carbonyl (C=O) groups excluding carboxylic acids is 2. The van der Waals surface area contributed by atoms with Crippen molar-refractivity contribution in [1.29, 1.82) is 0 Å². The second-order valence-electron chi connectivity index (χ2n) is 7.51. The van der Waals surface area contributed by atoms with E-state index in [0.717, 1.165) is 18.6 Å². The minimum Gasteiger partial charge on any atom is -0.336 e. The summed E-state index contributed by atoms with van der Waals surface area (Å²) in [5.41, 5.74) is 0.812. The fraction of sp³-hybridized carbons (Fsp3) is 0.333. The molecule has 0 saturated carbocycles. The lowest BCUT2D eigenvalue weighted by molar-refractivity contribution is -0.144. The highest BCUT2D eigenvalue weighted by atomic mass is 19.2. The van der Waals surface area contributed by atoms with E-state index in [-0.39, 0.29) is 29.9 Å². The Morgan fingerprint density at radius 2 is 1.93 bits per heavy atom. The average molecular weight is 403 g/mol. The number of halogens is 3. The highest BCUT2D eigenvalue weighted by molar-refractivity contribution is 5.94. The predicted molar refractivity (Wildman–Crippen MR) is 100 cm³/mol. The third-order valence-corrected chi connectivity index (χ3v) is 5.48. The van der Waals surface area contributed by atoms with Crippen molar-refractivity contribution in [3.8, 4) is 0 Å². The number of benzene rings is 2. The van der Waals surface area contributed by atoms with Crippen LogP contribution in [0.2, 0.25) is 0 Å². The molecule has 0 spiro atoms. The van der Waals surface area contributed by atoms with Crippen LogP contribution < -0.4 is 5.32 Å². The summed E-state index contributed by atoms with van der Waals surface area (Å²) in [6, 6.07) is 8.05. The molecule has 29 heavy (non-hydrogen) atoms. The molecule has 2 heterocycles. The van der Waals surface area contributed by atoms with Gasteiger partial charge >= 0.3 is 6.03 Å². The molecular formula is C21H20F3N3O2. The van der Waals surface area contributed by atoms with Gasteiger partial charge in [-0.1, -0.05) is 12.1 Å². The number of hydrogen-bond donors (Lipinski definition) is 1. The first-order valence-corrected chi connectivity index (χ1v) is 9.46. The van der Waals surface area contributed by atoms with Gasteiger partial charge in [0.1, 0.15) is 11.9 Å². The van der Waals surface area contributed by atoms with E-state index < -0.39 is 23.7 Å². The number of amides is 3. The molecule has 4 rings (SSSR count). The number of piperidine rings is 2. The van der Waals surface area contributed by atoms with Crippen LogP contribution in [-0.4, -0.2) is 40.9 Å². The fourth-order valence-corrected chi connectivity index (χ4v) is 4.06. The van der Waals surface area contributed by atoms with Gasteiger partial charge in [0.05, 0.1) is 0 Å². The van der Waals surface area contributed by atoms with Crippen molar-refractivity contribution in [2.24, 2.45) is 5.92 Å². The molecule has 2 aromatic carbocycles. The molecule has 152 valence electrons. The Morgan fingerprint density at radius 1 is 1.10 bits per heavy atom. The lowest BCUT2D eigenvalue weighted by Gasteiger charge is -2.46. The SMILES string of the molecule is O=C1[C@H]2C[C@H](CCN2C(=O)Nc2ccc(F)c(F)c2)CN1Cc1cccc(F)c1. The second-order valence-corrected chi connectivity index (χ2v) is 7.51. The van der Waals surface area contributed by atoms with E-state index >= 15 is 0 Å². The van der Waals surface area contributed by atoms with Gasteiger partial charge in [-0.3, -0.25) is 4.79 Å². The minimum absolute atomic E-state index is 0.121. The summed E-state index contributed by atoms with van der Waals surface area (Å²) in [5.74, 6) is -2.35. The van der Waals surface area contributed by atoms with Crippen LogP contribution >= 0.6 is 0 Å². The quantitative estimate of drug-likeness (QED) is 0.849. The number of urea groups is 1. The maximum atomic E-state index is 13.5. The number of anilines is 1. The van der Waals surface area contributed by atoms with E-state index in [1.165, 1.54) is 23.1 Å². The second kappa shape index (κ2) is 7.77. The van der Waals surface area contributed by atoms with Crippen molar-refractivity contribution in [3.63, 3.8) is 0 Å². The van der Waals surface area contributed by atoms with Crippen LogP contribution in [0, 0.1) is 23.4 Å². The molecule has 2 aliphatic heterocycles. The maximum Gasteiger partial charge on any atom is 0.322 e. The van der Waals surface area contributed by atoms with Crippen LogP contribution in [0.5, 0.6) is 0 Å². The Bertz CT molecular complexity index is 953. The topological polar surface area (TPSA) is 52.7 Å². The third kappa shape index (κ3) is 4.06. The molecule has 2 aromatic rings. The van der Waals surface area contributed by atoms with Gasteiger partial charge in [0.2, 0.25) is 5.91 Å². The average Bonchev–Trinajstić information content (AvgIpc) is 2.69. The predicted octanol–water partition coefficient (Wildman–Crippen LogP) is 3.76. The fourth-order valence-electron chi connectivity index (χ4n) is 4.06. The number of carbonyl (C=O) groups is 2. The van der Waals surface area contributed by atoms with Crippen molar-refractivity contribution in [2.75, 3.05) is 18.4 Å². The van der Waals surface area contributed by atoms with Crippen LogP contribution in [0.15, 0.2) is 42.5 Å². The molecule has 8 heteroatoms. The van der Waals surface area contributed by atoms with Gasteiger partial charge < -0.3 is 15.1 Å². The van der Waals surface area contributed by atoms with E-state index in [9.17, 15) is 22.8 Å². The Labute approximate surface area is 166 Å². The highest BCUT2D eigenvalue weighted by Gasteiger charge is 2.43. The molecule has 1 N–H and O–H groups in total. The standard InChI is InChI=1S/C21H20F3N3O2/c22-15-3-1-2-13(8-15)11-26-12-14-6-7-27(19(9-14)20(26)28)21(29)25-16-4-5-17(23)18(24)10-16/h1-5,8,10,14,19H,6-7,9,11-12H2,(H,25,29)/t14-,19+/m0/s1. The van der Waals surface area contributed by atoms with Gasteiger partial charge in [-0.15, -0.1) is 0 Å². The number of rotatable bonds is 3. The summed E-state index contributed by atoms with van der Waals surface area (Å²) >= 11 is 0. The number of likely N-dealkylation sites (tertiary alicyclic amines) is 2. The van der Waals surface area contributed by atoms with Crippen LogP contribution in [0.4, 0.5) is 23.7 Å². The summed E-state index contributed by atoms with van der Waals surface area (Å²) in [5, 5.41) is 2.54. The Morgan fingerprint density at radius 3 is 2.69 bits per heavy atom. The zero-order chi connectivity index (χ0) is 20.5. The van der Waals surface area contributed by atoms with Crippen LogP contribution in [0.3, 0.4) is 0 Å². The van der Waals surface area contributed by atoms with Crippen molar-refractivity contribution >= 4 is 17.6 Å². The van der Waals surface area contributed by atoms with Crippen molar-refractivity contribution < 1.29 is 22.8 Å². The summed E-state index contributed by atoms with van der Waals surface area (Å²) in [6.45, 7) is 1.26. The molecule has 2 fully saturated rings. The molecular weight excluding hydrogens is 383 g/mol. The highest BCUT2D eigenvalue weighted by Crippen LogP contribution is 2.31. The Hall–Kier alpha value is -3.03. The van der Waals surface area contributed by atoms with E-state index in [0.29, 0.717) is 25.1 Å². The largest absolute Gasteiger partial charge is 0.336 e. The van der Waals surface area contributed by atoms with Crippen LogP contribution in [0.25, 0.3) is 0 Å². The first-order valence-electron chi connectivity index (χ1n) is 9.46. The summed E-state index contributed by atoms with van der Waals surface area (Å²) < 4.78 is 39.9. The van der Waals surface area contributed by atoms with Crippen molar-refractivity contribution in [2.45, 2.75) is 25.4 Å². The zero-order valence-electron chi connectivity index (χ0n) is 15.6. The van der Waals surface area contributed by atoms with Gasteiger partial charge in [0.15, 0.2) is 11.6 Å². The molecule has 2 bridgehead atoms. The van der Waals surface area contributed by atoms with Crippen LogP contribution in [-0.2, 0) is 11.3 Å². The van der Waals surface area contributed by atoms with Gasteiger partial charge in [0.25, 0.3) is 0 Å². The molecule has 2 atom stereocenters. The lowest BCUT2D eigenvalue weighted by Crippen LogP contribution is -2.60.